The van der Waals surface area contributed by atoms with Crippen LogP contribution in [0.2, 0.25) is 0 Å². The molecule has 0 aliphatic heterocycles. The van der Waals surface area contributed by atoms with Crippen molar-refractivity contribution in [2.24, 2.45) is 0 Å². The zero-order valence-corrected chi connectivity index (χ0v) is 24.0. The van der Waals surface area contributed by atoms with Crippen molar-refractivity contribution in [1.29, 1.82) is 0 Å². The quantitative estimate of drug-likeness (QED) is 0.168. The first kappa shape index (κ1) is 28.3. The molecule has 1 N–H and O–H groups in total. The number of rotatable bonds is 11. The van der Waals surface area contributed by atoms with Gasteiger partial charge < -0.3 is 5.32 Å². The lowest BCUT2D eigenvalue weighted by molar-refractivity contribution is -0.123. The maximum Gasteiger partial charge on any atom is 0.228 e. The lowest BCUT2D eigenvalue weighted by atomic mass is 9.94. The summed E-state index contributed by atoms with van der Waals surface area (Å²) >= 11 is 1.53. The molecule has 2 unspecified atom stereocenters. The van der Waals surface area contributed by atoms with Crippen LogP contribution >= 0.6 is 11.8 Å². The number of aryl methyl sites for hydroxylation is 1. The lowest BCUT2D eigenvalue weighted by Crippen LogP contribution is -2.35. The van der Waals surface area contributed by atoms with E-state index >= 15 is 0 Å². The molecule has 0 aliphatic carbocycles. The van der Waals surface area contributed by atoms with Crippen molar-refractivity contribution in [3.8, 4) is 5.69 Å². The van der Waals surface area contributed by atoms with Gasteiger partial charge in [-0.1, -0.05) is 109 Å². The second kappa shape index (κ2) is 13.4. The Hall–Kier alpha value is -4.23. The van der Waals surface area contributed by atoms with Gasteiger partial charge in [0.05, 0.1) is 12.0 Å². The zero-order valence-electron chi connectivity index (χ0n) is 23.2. The molecule has 0 aliphatic rings. The van der Waals surface area contributed by atoms with E-state index in [1.807, 2.05) is 79.1 Å². The van der Waals surface area contributed by atoms with Crippen molar-refractivity contribution in [3.05, 3.63) is 143 Å². The Morgan fingerprint density at radius 1 is 0.854 bits per heavy atom. The van der Waals surface area contributed by atoms with Crippen molar-refractivity contribution < 1.29 is 9.18 Å². The predicted molar refractivity (Wildman–Crippen MR) is 163 cm³/mol. The average Bonchev–Trinajstić information content (AvgIpc) is 3.42. The van der Waals surface area contributed by atoms with Crippen LogP contribution in [0.3, 0.4) is 0 Å². The molecule has 41 heavy (non-hydrogen) atoms. The maximum atomic E-state index is 13.8. The van der Waals surface area contributed by atoms with E-state index in [-0.39, 0.29) is 17.6 Å². The largest absolute Gasteiger partial charge is 0.345 e. The highest BCUT2D eigenvalue weighted by Gasteiger charge is 2.28. The summed E-state index contributed by atoms with van der Waals surface area (Å²) in [4.78, 5) is 13.8. The summed E-state index contributed by atoms with van der Waals surface area (Å²) < 4.78 is 15.5. The summed E-state index contributed by atoms with van der Waals surface area (Å²) in [6.07, 6.45) is 1.24. The van der Waals surface area contributed by atoms with E-state index in [0.717, 1.165) is 27.9 Å². The van der Waals surface area contributed by atoms with Crippen LogP contribution in [0.15, 0.2) is 114 Å². The maximum absolute atomic E-state index is 13.8. The van der Waals surface area contributed by atoms with Crippen LogP contribution in [0, 0.1) is 12.7 Å². The molecular formula is C34H33FN4OS. The van der Waals surface area contributed by atoms with Crippen molar-refractivity contribution >= 4 is 17.7 Å². The van der Waals surface area contributed by atoms with Gasteiger partial charge in [0.2, 0.25) is 5.91 Å². The highest BCUT2D eigenvalue weighted by atomic mass is 32.2. The summed E-state index contributed by atoms with van der Waals surface area (Å²) in [5.41, 5.74) is 5.12. The number of hydrogen-bond donors (Lipinski definition) is 1. The molecule has 1 heterocycles. The fraction of sp³-hybridized carbons (Fsp3) is 0.206. The van der Waals surface area contributed by atoms with Crippen LogP contribution in [0.4, 0.5) is 4.39 Å². The van der Waals surface area contributed by atoms with E-state index in [9.17, 15) is 9.18 Å². The Morgan fingerprint density at radius 2 is 1.51 bits per heavy atom. The molecule has 2 atom stereocenters. The second-order valence-electron chi connectivity index (χ2n) is 10.0. The topological polar surface area (TPSA) is 59.8 Å². The van der Waals surface area contributed by atoms with Gasteiger partial charge in [-0.05, 0) is 60.7 Å². The minimum atomic E-state index is -0.420. The molecule has 7 heteroatoms. The summed E-state index contributed by atoms with van der Waals surface area (Å²) in [6.45, 7) is 4.08. The molecule has 1 aromatic heterocycles. The van der Waals surface area contributed by atoms with E-state index in [4.69, 9.17) is 0 Å². The molecule has 5 rings (SSSR count). The van der Waals surface area contributed by atoms with Crippen molar-refractivity contribution in [1.82, 2.24) is 20.1 Å². The predicted octanol–water partition coefficient (Wildman–Crippen LogP) is 7.60. The summed E-state index contributed by atoms with van der Waals surface area (Å²) in [6, 6.07) is 34.3. The van der Waals surface area contributed by atoms with E-state index in [2.05, 4.69) is 39.8 Å². The van der Waals surface area contributed by atoms with Crippen LogP contribution < -0.4 is 5.32 Å². The van der Waals surface area contributed by atoms with Crippen molar-refractivity contribution in [2.45, 2.75) is 49.6 Å². The minimum absolute atomic E-state index is 0.0430. The fourth-order valence-corrected chi connectivity index (χ4v) is 5.77. The smallest absolute Gasteiger partial charge is 0.228 e. The fourth-order valence-electron chi connectivity index (χ4n) is 4.85. The molecular weight excluding hydrogens is 531 g/mol. The Morgan fingerprint density at radius 3 is 2.17 bits per heavy atom. The van der Waals surface area contributed by atoms with Crippen LogP contribution in [0.25, 0.3) is 5.69 Å². The standard InChI is InChI=1S/C34H33FN4OS/c1-3-30(27-12-8-5-9-13-27)33(40)36-31(22-25-10-6-4-7-11-25)32-37-38-34(39(32)29-20-14-24(2)15-21-29)41-23-26-16-18-28(35)19-17-26/h4-21,30-31H,3,22-23H2,1-2H3,(H,36,40). The monoisotopic (exact) mass is 564 g/mol. The van der Waals surface area contributed by atoms with Gasteiger partial charge in [0, 0.05) is 11.4 Å². The first-order chi connectivity index (χ1) is 20.0. The minimum Gasteiger partial charge on any atom is -0.345 e. The summed E-state index contributed by atoms with van der Waals surface area (Å²) in [5, 5.41) is 13.3. The van der Waals surface area contributed by atoms with Crippen molar-refractivity contribution in [3.63, 3.8) is 0 Å². The molecule has 5 nitrogen and oxygen atoms in total. The average molecular weight is 565 g/mol. The number of benzene rings is 4. The number of nitrogens with zero attached hydrogens (tertiary/aromatic N) is 3. The number of carbonyl (C=O) groups excluding carboxylic acids is 1. The van der Waals surface area contributed by atoms with E-state index in [0.29, 0.717) is 29.6 Å². The lowest BCUT2D eigenvalue weighted by Gasteiger charge is -2.23. The molecule has 0 fully saturated rings. The molecule has 0 spiro atoms. The number of thioether (sulfide) groups is 1. The molecule has 4 aromatic carbocycles. The summed E-state index contributed by atoms with van der Waals surface area (Å²) in [7, 11) is 0. The second-order valence-corrected chi connectivity index (χ2v) is 11.0. The van der Waals surface area contributed by atoms with E-state index < -0.39 is 6.04 Å². The van der Waals surface area contributed by atoms with Crippen LogP contribution in [-0.4, -0.2) is 20.7 Å². The number of aromatic nitrogens is 3. The van der Waals surface area contributed by atoms with Gasteiger partial charge in [-0.3, -0.25) is 9.36 Å². The summed E-state index contributed by atoms with van der Waals surface area (Å²) in [5.74, 6) is 0.683. The number of carbonyl (C=O) groups is 1. The number of nitrogens with one attached hydrogen (secondary N) is 1. The van der Waals surface area contributed by atoms with E-state index in [1.54, 1.807) is 12.1 Å². The molecule has 0 radical (unpaired) electrons. The van der Waals surface area contributed by atoms with Crippen LogP contribution in [0.1, 0.15) is 53.4 Å². The Labute approximate surface area is 244 Å². The molecule has 5 aromatic rings. The third-order valence-corrected chi connectivity index (χ3v) is 8.07. The van der Waals surface area contributed by atoms with E-state index in [1.165, 1.54) is 23.9 Å². The molecule has 0 bridgehead atoms. The molecule has 0 saturated heterocycles. The number of hydrogen-bond acceptors (Lipinski definition) is 4. The van der Waals surface area contributed by atoms with Crippen LogP contribution in [-0.2, 0) is 17.0 Å². The third kappa shape index (κ3) is 7.11. The van der Waals surface area contributed by atoms with Gasteiger partial charge >= 0.3 is 0 Å². The van der Waals surface area contributed by atoms with Crippen LogP contribution in [0.5, 0.6) is 0 Å². The first-order valence-corrected chi connectivity index (χ1v) is 14.8. The van der Waals surface area contributed by atoms with Gasteiger partial charge in [0.15, 0.2) is 11.0 Å². The zero-order chi connectivity index (χ0) is 28.6. The number of halogens is 1. The first-order valence-electron chi connectivity index (χ1n) is 13.8. The Bertz CT molecular complexity index is 1550. The van der Waals surface area contributed by atoms with Gasteiger partial charge in [-0.25, -0.2) is 4.39 Å². The molecule has 208 valence electrons. The highest BCUT2D eigenvalue weighted by molar-refractivity contribution is 7.98. The highest BCUT2D eigenvalue weighted by Crippen LogP contribution is 2.30. The van der Waals surface area contributed by atoms with Gasteiger partial charge in [0.25, 0.3) is 0 Å². The Kier molecular flexibility index (Phi) is 9.26. The SMILES string of the molecule is CCC(C(=O)NC(Cc1ccccc1)c1nnc(SCc2ccc(F)cc2)n1-c1ccc(C)cc1)c1ccccc1. The normalized spacial score (nSPS) is 12.6. The van der Waals surface area contributed by atoms with Gasteiger partial charge in [0.1, 0.15) is 5.82 Å². The third-order valence-electron chi connectivity index (χ3n) is 7.07. The molecule has 1 amide bonds. The molecule has 0 saturated carbocycles. The Balaban J connectivity index is 1.52. The van der Waals surface area contributed by atoms with Gasteiger partial charge in [-0.2, -0.15) is 0 Å². The number of amides is 1. The van der Waals surface area contributed by atoms with Gasteiger partial charge in [-0.15, -0.1) is 10.2 Å². The van der Waals surface area contributed by atoms with Crippen molar-refractivity contribution in [2.75, 3.05) is 0 Å².